The van der Waals surface area contributed by atoms with Crippen molar-refractivity contribution in [2.75, 3.05) is 6.54 Å². The molecule has 3 heteroatoms. The minimum Gasteiger partial charge on any atom is -0.316 e. The molecular weight excluding hydrogens is 138 g/mol. The molecule has 1 aliphatic rings. The van der Waals surface area contributed by atoms with Crippen molar-refractivity contribution in [2.24, 2.45) is 5.73 Å². The number of nitrogens with two attached hydrogens (primary N) is 1. The van der Waals surface area contributed by atoms with Gasteiger partial charge in [-0.25, -0.2) is 0 Å². The summed E-state index contributed by atoms with van der Waals surface area (Å²) in [5, 5.41) is 3.31. The normalized spacial score (nSPS) is 28.6. The fourth-order valence-corrected chi connectivity index (χ4v) is 1.51. The van der Waals surface area contributed by atoms with E-state index < -0.39 is 0 Å². The van der Waals surface area contributed by atoms with E-state index in [1.165, 1.54) is 13.0 Å². The maximum atomic E-state index is 5.63. The molecule has 1 aliphatic heterocycles. The van der Waals surface area contributed by atoms with Gasteiger partial charge in [0.1, 0.15) is 0 Å². The minimum atomic E-state index is 0.113. The summed E-state index contributed by atoms with van der Waals surface area (Å²) in [5.74, 6) is 0. The Balaban J connectivity index is 2.26. The van der Waals surface area contributed by atoms with Crippen molar-refractivity contribution in [1.29, 1.82) is 0 Å². The molecule has 1 fully saturated rings. The average molecular weight is 157 g/mol. The van der Waals surface area contributed by atoms with Crippen LogP contribution in [-0.2, 0) is 0 Å². The second-order valence-electron chi connectivity index (χ2n) is 3.59. The first-order chi connectivity index (χ1) is 5.11. The van der Waals surface area contributed by atoms with Gasteiger partial charge in [0.25, 0.3) is 0 Å². The third kappa shape index (κ3) is 2.15. The molecule has 0 radical (unpaired) electrons. The van der Waals surface area contributed by atoms with E-state index in [0.717, 1.165) is 0 Å². The maximum absolute atomic E-state index is 5.63. The fraction of sp³-hybridized carbons (Fsp3) is 1.00. The van der Waals surface area contributed by atoms with Gasteiger partial charge in [-0.05, 0) is 27.2 Å². The van der Waals surface area contributed by atoms with Gasteiger partial charge in [-0.3, -0.25) is 10.2 Å². The van der Waals surface area contributed by atoms with Gasteiger partial charge in [0, 0.05) is 12.6 Å². The summed E-state index contributed by atoms with van der Waals surface area (Å²) in [4.78, 5) is 2.42. The zero-order valence-electron chi connectivity index (χ0n) is 7.67. The summed E-state index contributed by atoms with van der Waals surface area (Å²) >= 11 is 0. The zero-order valence-corrected chi connectivity index (χ0v) is 7.67. The van der Waals surface area contributed by atoms with Crippen LogP contribution in [0, 0.1) is 0 Å². The number of hydrogen-bond donors (Lipinski definition) is 2. The van der Waals surface area contributed by atoms with Crippen LogP contribution in [-0.4, -0.2) is 29.8 Å². The highest BCUT2D eigenvalue weighted by atomic mass is 15.3. The Morgan fingerprint density at radius 3 is 2.36 bits per heavy atom. The molecule has 0 aliphatic carbocycles. The lowest BCUT2D eigenvalue weighted by Crippen LogP contribution is -2.61. The van der Waals surface area contributed by atoms with Crippen LogP contribution >= 0.6 is 0 Å². The van der Waals surface area contributed by atoms with Crippen LogP contribution in [0.5, 0.6) is 0 Å². The first-order valence-corrected chi connectivity index (χ1v) is 4.38. The maximum Gasteiger partial charge on any atom is 0.0623 e. The molecule has 0 saturated carbocycles. The number of rotatable bonds is 3. The molecule has 66 valence electrons. The molecule has 0 aromatic carbocycles. The van der Waals surface area contributed by atoms with Gasteiger partial charge < -0.3 is 5.73 Å². The lowest BCUT2D eigenvalue weighted by molar-refractivity contribution is 0.0272. The third-order valence-electron chi connectivity index (χ3n) is 2.18. The lowest BCUT2D eigenvalue weighted by Gasteiger charge is -2.45. The molecule has 2 atom stereocenters. The predicted molar refractivity (Wildman–Crippen MR) is 47.0 cm³/mol. The van der Waals surface area contributed by atoms with Gasteiger partial charge in [0.15, 0.2) is 0 Å². The molecule has 0 spiro atoms. The van der Waals surface area contributed by atoms with E-state index in [9.17, 15) is 0 Å². The van der Waals surface area contributed by atoms with Crippen LogP contribution < -0.4 is 11.1 Å². The molecule has 0 aromatic rings. The minimum absolute atomic E-state index is 0.113. The Hall–Kier alpha value is -0.120. The van der Waals surface area contributed by atoms with Crippen LogP contribution in [0.2, 0.25) is 0 Å². The topological polar surface area (TPSA) is 41.3 Å². The van der Waals surface area contributed by atoms with Crippen LogP contribution in [0.3, 0.4) is 0 Å². The summed E-state index contributed by atoms with van der Waals surface area (Å²) in [7, 11) is 0. The van der Waals surface area contributed by atoms with Gasteiger partial charge in [-0.2, -0.15) is 0 Å². The van der Waals surface area contributed by atoms with Crippen LogP contribution in [0.25, 0.3) is 0 Å². The lowest BCUT2D eigenvalue weighted by atomic mass is 10.1. The van der Waals surface area contributed by atoms with Gasteiger partial charge in [-0.1, -0.05) is 0 Å². The number of nitrogens with zero attached hydrogens (tertiary/aromatic N) is 1. The summed E-state index contributed by atoms with van der Waals surface area (Å²) in [6.07, 6.45) is 1.87. The molecule has 3 nitrogen and oxygen atoms in total. The summed E-state index contributed by atoms with van der Waals surface area (Å²) < 4.78 is 0. The van der Waals surface area contributed by atoms with Gasteiger partial charge in [-0.15, -0.1) is 0 Å². The summed E-state index contributed by atoms with van der Waals surface area (Å²) in [6, 6.07) is 0.639. The molecular formula is C8H19N3. The van der Waals surface area contributed by atoms with Gasteiger partial charge in [0.2, 0.25) is 0 Å². The molecule has 0 amide bonds. The highest BCUT2D eigenvalue weighted by molar-refractivity contribution is 4.83. The summed E-state index contributed by atoms with van der Waals surface area (Å²) in [6.45, 7) is 7.63. The standard InChI is InChI=1S/C8H19N3/c1-6(2)11-5-4-8(11)10-7(3)9/h6-8,10H,4-5,9H2,1-3H3. The average Bonchev–Trinajstić information content (AvgIpc) is 1.78. The number of nitrogens with one attached hydrogen (secondary N) is 1. The molecule has 1 heterocycles. The number of likely N-dealkylation sites (tertiary alicyclic amines) is 1. The Labute approximate surface area is 68.9 Å². The van der Waals surface area contributed by atoms with Gasteiger partial charge in [0.05, 0.1) is 12.3 Å². The molecule has 1 saturated heterocycles. The van der Waals surface area contributed by atoms with E-state index >= 15 is 0 Å². The van der Waals surface area contributed by atoms with Crippen molar-refractivity contribution in [3.05, 3.63) is 0 Å². The van der Waals surface area contributed by atoms with Crippen molar-refractivity contribution < 1.29 is 0 Å². The van der Waals surface area contributed by atoms with E-state index in [0.29, 0.717) is 12.2 Å². The molecule has 11 heavy (non-hydrogen) atoms. The Morgan fingerprint density at radius 1 is 1.45 bits per heavy atom. The zero-order chi connectivity index (χ0) is 8.43. The van der Waals surface area contributed by atoms with Crippen molar-refractivity contribution in [3.8, 4) is 0 Å². The molecule has 3 N–H and O–H groups in total. The Kier molecular flexibility index (Phi) is 2.87. The molecule has 2 unspecified atom stereocenters. The monoisotopic (exact) mass is 157 g/mol. The highest BCUT2D eigenvalue weighted by Crippen LogP contribution is 2.17. The van der Waals surface area contributed by atoms with Crippen LogP contribution in [0.15, 0.2) is 0 Å². The van der Waals surface area contributed by atoms with Crippen LogP contribution in [0.4, 0.5) is 0 Å². The first-order valence-electron chi connectivity index (χ1n) is 4.38. The number of hydrogen-bond acceptors (Lipinski definition) is 3. The van der Waals surface area contributed by atoms with Gasteiger partial charge >= 0.3 is 0 Å². The first kappa shape index (κ1) is 8.97. The molecule has 1 rings (SSSR count). The molecule has 0 bridgehead atoms. The van der Waals surface area contributed by atoms with E-state index in [4.69, 9.17) is 5.73 Å². The quantitative estimate of drug-likeness (QED) is 0.580. The molecule has 0 aromatic heterocycles. The largest absolute Gasteiger partial charge is 0.316 e. The van der Waals surface area contributed by atoms with E-state index in [2.05, 4.69) is 24.1 Å². The smallest absolute Gasteiger partial charge is 0.0623 e. The van der Waals surface area contributed by atoms with Crippen molar-refractivity contribution >= 4 is 0 Å². The third-order valence-corrected chi connectivity index (χ3v) is 2.18. The van der Waals surface area contributed by atoms with E-state index in [1.54, 1.807) is 0 Å². The second-order valence-corrected chi connectivity index (χ2v) is 3.59. The highest BCUT2D eigenvalue weighted by Gasteiger charge is 2.29. The van der Waals surface area contributed by atoms with Crippen molar-refractivity contribution in [1.82, 2.24) is 10.2 Å². The van der Waals surface area contributed by atoms with Crippen molar-refractivity contribution in [2.45, 2.75) is 45.6 Å². The SMILES string of the molecule is CC(N)NC1CCN1C(C)C. The summed E-state index contributed by atoms with van der Waals surface area (Å²) in [5.41, 5.74) is 5.63. The van der Waals surface area contributed by atoms with E-state index in [1.807, 2.05) is 6.92 Å². The van der Waals surface area contributed by atoms with E-state index in [-0.39, 0.29) is 6.17 Å². The second kappa shape index (κ2) is 3.52. The van der Waals surface area contributed by atoms with Crippen molar-refractivity contribution in [3.63, 3.8) is 0 Å². The Morgan fingerprint density at radius 2 is 2.09 bits per heavy atom. The predicted octanol–water partition coefficient (Wildman–Crippen LogP) is 0.321. The van der Waals surface area contributed by atoms with Crippen LogP contribution in [0.1, 0.15) is 27.2 Å². The Bertz CT molecular complexity index is 123. The fourth-order valence-electron chi connectivity index (χ4n) is 1.51.